The summed E-state index contributed by atoms with van der Waals surface area (Å²) in [5.41, 5.74) is 3.19. The standard InChI is InChI=1S/C22H19ClN4O3S2/c1-13-18(11-15-10-16(23)6-9-19(15)24-13)21(28)26-22-25-20(12-31-22)14-4-7-17(8-5-14)32(29,30)27(2)3/h4-12H,1-3H3,(H,25,26,28). The highest BCUT2D eigenvalue weighted by Crippen LogP contribution is 2.27. The fraction of sp³-hybridized carbons (Fsp3) is 0.136. The number of carbonyl (C=O) groups excluding carboxylic acids is 1. The van der Waals surface area contributed by atoms with E-state index in [1.165, 1.54) is 37.6 Å². The van der Waals surface area contributed by atoms with E-state index in [2.05, 4.69) is 15.3 Å². The average molecular weight is 487 g/mol. The summed E-state index contributed by atoms with van der Waals surface area (Å²) in [6, 6.07) is 13.6. The number of fused-ring (bicyclic) bond motifs is 1. The highest BCUT2D eigenvalue weighted by molar-refractivity contribution is 7.89. The molecule has 164 valence electrons. The SMILES string of the molecule is Cc1nc2ccc(Cl)cc2cc1C(=O)Nc1nc(-c2ccc(S(=O)(=O)N(C)C)cc2)cs1. The summed E-state index contributed by atoms with van der Waals surface area (Å²) in [5, 5.41) is 6.40. The summed E-state index contributed by atoms with van der Waals surface area (Å²) < 4.78 is 25.6. The molecule has 0 atom stereocenters. The van der Waals surface area contributed by atoms with Crippen molar-refractivity contribution >= 4 is 54.9 Å². The Hall–Kier alpha value is -2.85. The Bertz CT molecular complexity index is 1430. The van der Waals surface area contributed by atoms with Gasteiger partial charge < -0.3 is 0 Å². The van der Waals surface area contributed by atoms with Crippen LogP contribution in [-0.2, 0) is 10.0 Å². The van der Waals surface area contributed by atoms with Crippen LogP contribution in [0.3, 0.4) is 0 Å². The minimum absolute atomic E-state index is 0.203. The van der Waals surface area contributed by atoms with Gasteiger partial charge in [-0.1, -0.05) is 23.7 Å². The average Bonchev–Trinajstić information content (AvgIpc) is 3.22. The predicted octanol–water partition coefficient (Wildman–Crippen LogP) is 4.82. The molecule has 2 aromatic heterocycles. The van der Waals surface area contributed by atoms with Crippen LogP contribution in [0.4, 0.5) is 5.13 Å². The zero-order valence-corrected chi connectivity index (χ0v) is 19.8. The van der Waals surface area contributed by atoms with Crippen molar-refractivity contribution in [3.63, 3.8) is 0 Å². The van der Waals surface area contributed by atoms with Crippen molar-refractivity contribution in [2.45, 2.75) is 11.8 Å². The van der Waals surface area contributed by atoms with E-state index in [1.54, 1.807) is 42.6 Å². The molecule has 4 rings (SSSR count). The van der Waals surface area contributed by atoms with Crippen molar-refractivity contribution in [2.24, 2.45) is 0 Å². The number of nitrogens with zero attached hydrogens (tertiary/aromatic N) is 3. The van der Waals surface area contributed by atoms with E-state index in [4.69, 9.17) is 11.6 Å². The second-order valence-corrected chi connectivity index (χ2v) is 10.7. The Morgan fingerprint density at radius 1 is 1.06 bits per heavy atom. The highest BCUT2D eigenvalue weighted by Gasteiger charge is 2.18. The predicted molar refractivity (Wildman–Crippen MR) is 128 cm³/mol. The van der Waals surface area contributed by atoms with Gasteiger partial charge in [0, 0.05) is 35.4 Å². The minimum atomic E-state index is -3.50. The topological polar surface area (TPSA) is 92.3 Å². The monoisotopic (exact) mass is 486 g/mol. The first kappa shape index (κ1) is 22.3. The van der Waals surface area contributed by atoms with Gasteiger partial charge in [0.1, 0.15) is 0 Å². The molecule has 2 aromatic carbocycles. The number of aromatic nitrogens is 2. The van der Waals surface area contributed by atoms with E-state index in [0.717, 1.165) is 20.8 Å². The quantitative estimate of drug-likeness (QED) is 0.436. The van der Waals surface area contributed by atoms with Crippen LogP contribution in [0.2, 0.25) is 5.02 Å². The molecule has 0 unspecified atom stereocenters. The normalized spacial score (nSPS) is 11.8. The van der Waals surface area contributed by atoms with Gasteiger partial charge in [0.05, 0.1) is 27.4 Å². The maximum Gasteiger partial charge on any atom is 0.259 e. The van der Waals surface area contributed by atoms with Gasteiger partial charge in [0.15, 0.2) is 5.13 Å². The first-order chi connectivity index (χ1) is 15.1. The summed E-state index contributed by atoms with van der Waals surface area (Å²) in [5.74, 6) is -0.315. The molecule has 1 amide bonds. The Balaban J connectivity index is 1.55. The number of halogens is 1. The third-order valence-corrected chi connectivity index (χ3v) is 7.69. The minimum Gasteiger partial charge on any atom is -0.298 e. The van der Waals surface area contributed by atoms with Crippen LogP contribution in [0.25, 0.3) is 22.2 Å². The van der Waals surface area contributed by atoms with Crippen molar-refractivity contribution in [1.29, 1.82) is 0 Å². The summed E-state index contributed by atoms with van der Waals surface area (Å²) in [6.07, 6.45) is 0. The Morgan fingerprint density at radius 3 is 2.47 bits per heavy atom. The molecule has 0 saturated heterocycles. The number of sulfonamides is 1. The lowest BCUT2D eigenvalue weighted by Crippen LogP contribution is -2.22. The highest BCUT2D eigenvalue weighted by atomic mass is 35.5. The molecule has 7 nitrogen and oxygen atoms in total. The van der Waals surface area contributed by atoms with Crippen molar-refractivity contribution in [3.05, 3.63) is 70.2 Å². The van der Waals surface area contributed by atoms with E-state index in [0.29, 0.717) is 27.1 Å². The van der Waals surface area contributed by atoms with Crippen LogP contribution in [0.15, 0.2) is 58.8 Å². The molecular formula is C22H19ClN4O3S2. The number of rotatable bonds is 5. The van der Waals surface area contributed by atoms with Gasteiger partial charge in [-0.25, -0.2) is 17.7 Å². The number of carbonyl (C=O) groups is 1. The summed E-state index contributed by atoms with van der Waals surface area (Å²) >= 11 is 7.34. The van der Waals surface area contributed by atoms with Crippen molar-refractivity contribution in [3.8, 4) is 11.3 Å². The number of thiazole rings is 1. The molecule has 32 heavy (non-hydrogen) atoms. The third-order valence-electron chi connectivity index (χ3n) is 4.87. The van der Waals surface area contributed by atoms with E-state index in [1.807, 2.05) is 6.07 Å². The number of hydrogen-bond donors (Lipinski definition) is 1. The molecule has 0 fully saturated rings. The van der Waals surface area contributed by atoms with Gasteiger partial charge in [-0.15, -0.1) is 11.3 Å². The molecule has 0 radical (unpaired) electrons. The fourth-order valence-corrected chi connectivity index (χ4v) is 4.91. The zero-order valence-electron chi connectivity index (χ0n) is 17.5. The van der Waals surface area contributed by atoms with E-state index in [-0.39, 0.29) is 10.8 Å². The third kappa shape index (κ3) is 4.37. The van der Waals surface area contributed by atoms with E-state index in [9.17, 15) is 13.2 Å². The van der Waals surface area contributed by atoms with Crippen LogP contribution >= 0.6 is 22.9 Å². The Labute approximate surface area is 194 Å². The van der Waals surface area contributed by atoms with E-state index >= 15 is 0 Å². The van der Waals surface area contributed by atoms with Crippen LogP contribution in [0.5, 0.6) is 0 Å². The lowest BCUT2D eigenvalue weighted by Gasteiger charge is -2.11. The molecule has 0 aliphatic heterocycles. The van der Waals surface area contributed by atoms with Crippen LogP contribution in [0.1, 0.15) is 16.1 Å². The number of benzene rings is 2. The van der Waals surface area contributed by atoms with Crippen LogP contribution in [0, 0.1) is 6.92 Å². The van der Waals surface area contributed by atoms with Gasteiger partial charge in [0.2, 0.25) is 10.0 Å². The molecule has 0 spiro atoms. The number of aryl methyl sites for hydroxylation is 1. The summed E-state index contributed by atoms with van der Waals surface area (Å²) in [7, 11) is -0.523. The summed E-state index contributed by atoms with van der Waals surface area (Å²) in [6.45, 7) is 1.78. The lowest BCUT2D eigenvalue weighted by atomic mass is 10.1. The van der Waals surface area contributed by atoms with Gasteiger partial charge in [-0.2, -0.15) is 0 Å². The van der Waals surface area contributed by atoms with Gasteiger partial charge in [-0.05, 0) is 43.3 Å². The van der Waals surface area contributed by atoms with Gasteiger partial charge in [-0.3, -0.25) is 15.1 Å². The Morgan fingerprint density at radius 2 is 1.78 bits per heavy atom. The first-order valence-electron chi connectivity index (χ1n) is 9.52. The number of amides is 1. The van der Waals surface area contributed by atoms with Gasteiger partial charge in [0.25, 0.3) is 5.91 Å². The molecule has 10 heteroatoms. The van der Waals surface area contributed by atoms with Gasteiger partial charge >= 0.3 is 0 Å². The molecule has 1 N–H and O–H groups in total. The summed E-state index contributed by atoms with van der Waals surface area (Å²) in [4.78, 5) is 22.0. The molecular weight excluding hydrogens is 468 g/mol. The lowest BCUT2D eigenvalue weighted by molar-refractivity contribution is 0.102. The zero-order chi connectivity index (χ0) is 23.0. The van der Waals surface area contributed by atoms with Crippen LogP contribution < -0.4 is 5.32 Å². The van der Waals surface area contributed by atoms with E-state index < -0.39 is 10.0 Å². The van der Waals surface area contributed by atoms with Crippen molar-refractivity contribution in [2.75, 3.05) is 19.4 Å². The number of nitrogens with one attached hydrogen (secondary N) is 1. The smallest absolute Gasteiger partial charge is 0.259 e. The first-order valence-corrected chi connectivity index (χ1v) is 12.2. The second-order valence-electron chi connectivity index (χ2n) is 7.26. The second kappa shape index (κ2) is 8.59. The molecule has 0 aliphatic rings. The maximum atomic E-state index is 12.8. The number of anilines is 1. The molecule has 2 heterocycles. The Kier molecular flexibility index (Phi) is 6.00. The fourth-order valence-electron chi connectivity index (χ4n) is 3.11. The number of hydrogen-bond acceptors (Lipinski definition) is 6. The van der Waals surface area contributed by atoms with Crippen LogP contribution in [-0.4, -0.2) is 42.7 Å². The molecule has 0 aliphatic carbocycles. The largest absolute Gasteiger partial charge is 0.298 e. The molecule has 4 aromatic rings. The van der Waals surface area contributed by atoms with Crippen molar-refractivity contribution < 1.29 is 13.2 Å². The maximum absolute atomic E-state index is 12.8. The van der Waals surface area contributed by atoms with Crippen molar-refractivity contribution in [1.82, 2.24) is 14.3 Å². The molecule has 0 bridgehead atoms. The number of pyridine rings is 1. The molecule has 0 saturated carbocycles.